The second-order valence-corrected chi connectivity index (χ2v) is 8.57. The van der Waals surface area contributed by atoms with Crippen LogP contribution in [0.15, 0.2) is 63.5 Å². The van der Waals surface area contributed by atoms with Gasteiger partial charge in [-0.05, 0) is 67.1 Å². The van der Waals surface area contributed by atoms with Crippen molar-refractivity contribution in [2.45, 2.75) is 27.3 Å². The first-order chi connectivity index (χ1) is 14.8. The van der Waals surface area contributed by atoms with Gasteiger partial charge < -0.3 is 4.90 Å². The molecule has 1 amide bonds. The van der Waals surface area contributed by atoms with Gasteiger partial charge in [0.15, 0.2) is 0 Å². The third kappa shape index (κ3) is 3.61. The van der Waals surface area contributed by atoms with E-state index in [4.69, 9.17) is 0 Å². The number of hydrogen-bond acceptors (Lipinski definition) is 4. The first-order valence-electron chi connectivity index (χ1n) is 9.92. The first kappa shape index (κ1) is 20.8. The summed E-state index contributed by atoms with van der Waals surface area (Å²) in [5.74, 6) is -0.244. The molecule has 31 heavy (non-hydrogen) atoms. The van der Waals surface area contributed by atoms with Crippen LogP contribution >= 0.6 is 11.3 Å². The third-order valence-electron chi connectivity index (χ3n) is 5.63. The summed E-state index contributed by atoms with van der Waals surface area (Å²) in [6.45, 7) is 5.62. The maximum absolute atomic E-state index is 13.5. The average molecular weight is 434 g/mol. The SMILES string of the molecule is Cc1cccc(N(C)C(=O)Cn2c(=O)n(-c3cccc(C)c3C)c(=O)c3sccc32)c1. The van der Waals surface area contributed by atoms with Gasteiger partial charge in [-0.2, -0.15) is 0 Å². The summed E-state index contributed by atoms with van der Waals surface area (Å²) >= 11 is 1.27. The summed E-state index contributed by atoms with van der Waals surface area (Å²) in [5, 5.41) is 1.77. The maximum atomic E-state index is 13.5. The van der Waals surface area contributed by atoms with Gasteiger partial charge in [0.2, 0.25) is 5.91 Å². The third-order valence-corrected chi connectivity index (χ3v) is 6.52. The van der Waals surface area contributed by atoms with E-state index in [9.17, 15) is 14.4 Å². The molecule has 2 aromatic carbocycles. The number of hydrogen-bond donors (Lipinski definition) is 0. The van der Waals surface area contributed by atoms with Gasteiger partial charge in [-0.3, -0.25) is 14.2 Å². The van der Waals surface area contributed by atoms with Crippen LogP contribution in [0.5, 0.6) is 0 Å². The molecule has 0 spiro atoms. The van der Waals surface area contributed by atoms with E-state index < -0.39 is 5.69 Å². The zero-order valence-electron chi connectivity index (χ0n) is 17.9. The van der Waals surface area contributed by atoms with Crippen LogP contribution in [0.4, 0.5) is 5.69 Å². The highest BCUT2D eigenvalue weighted by atomic mass is 32.1. The normalized spacial score (nSPS) is 11.1. The molecule has 7 heteroatoms. The van der Waals surface area contributed by atoms with Crippen LogP contribution in [0.3, 0.4) is 0 Å². The van der Waals surface area contributed by atoms with E-state index in [1.807, 2.05) is 57.2 Å². The molecule has 0 aliphatic rings. The van der Waals surface area contributed by atoms with Crippen LogP contribution < -0.4 is 16.1 Å². The number of amides is 1. The van der Waals surface area contributed by atoms with Gasteiger partial charge in [-0.1, -0.05) is 24.3 Å². The summed E-state index contributed by atoms with van der Waals surface area (Å²) in [5.41, 5.74) is 3.77. The molecular formula is C24H23N3O3S. The quantitative estimate of drug-likeness (QED) is 0.492. The lowest BCUT2D eigenvalue weighted by molar-refractivity contribution is -0.118. The second-order valence-electron chi connectivity index (χ2n) is 7.66. The molecule has 0 radical (unpaired) electrons. The Morgan fingerprint density at radius 3 is 2.52 bits per heavy atom. The largest absolute Gasteiger partial charge is 0.336 e. The number of likely N-dealkylation sites (N-methyl/N-ethyl adjacent to an activating group) is 1. The van der Waals surface area contributed by atoms with Crippen molar-refractivity contribution in [1.29, 1.82) is 0 Å². The van der Waals surface area contributed by atoms with Crippen molar-refractivity contribution in [3.8, 4) is 5.69 Å². The molecule has 2 aromatic heterocycles. The monoisotopic (exact) mass is 433 g/mol. The van der Waals surface area contributed by atoms with Crippen molar-refractivity contribution >= 4 is 33.1 Å². The van der Waals surface area contributed by atoms with E-state index in [0.717, 1.165) is 22.4 Å². The molecule has 4 aromatic rings. The number of rotatable bonds is 4. The molecule has 0 aliphatic carbocycles. The number of thiophene rings is 1. The zero-order valence-corrected chi connectivity index (χ0v) is 18.7. The number of nitrogens with zero attached hydrogens (tertiary/aromatic N) is 3. The fourth-order valence-corrected chi connectivity index (χ4v) is 4.48. The molecule has 0 atom stereocenters. The number of carbonyl (C=O) groups excluding carboxylic acids is 1. The van der Waals surface area contributed by atoms with Gasteiger partial charge in [0, 0.05) is 12.7 Å². The molecule has 0 fully saturated rings. The Labute approximate surface area is 183 Å². The second kappa shape index (κ2) is 8.00. The first-order valence-corrected chi connectivity index (χ1v) is 10.8. The highest BCUT2D eigenvalue weighted by Crippen LogP contribution is 2.20. The Morgan fingerprint density at radius 2 is 1.77 bits per heavy atom. The fraction of sp³-hybridized carbons (Fsp3) is 0.208. The maximum Gasteiger partial charge on any atom is 0.336 e. The molecule has 0 saturated heterocycles. The molecule has 0 aliphatic heterocycles. The molecule has 2 heterocycles. The summed E-state index contributed by atoms with van der Waals surface area (Å²) in [6.07, 6.45) is 0. The highest BCUT2D eigenvalue weighted by molar-refractivity contribution is 7.17. The van der Waals surface area contributed by atoms with Crippen molar-refractivity contribution in [2.24, 2.45) is 0 Å². The predicted octanol–water partition coefficient (Wildman–Crippen LogP) is 3.80. The Balaban J connectivity index is 1.86. The Kier molecular flexibility index (Phi) is 5.37. The van der Waals surface area contributed by atoms with Gasteiger partial charge in [-0.15, -0.1) is 11.3 Å². The molecule has 4 rings (SSSR count). The van der Waals surface area contributed by atoms with Crippen LogP contribution in [0.1, 0.15) is 16.7 Å². The molecule has 0 bridgehead atoms. The number of anilines is 1. The predicted molar refractivity (Wildman–Crippen MR) is 126 cm³/mol. The number of aryl methyl sites for hydroxylation is 2. The average Bonchev–Trinajstić information content (AvgIpc) is 3.23. The van der Waals surface area contributed by atoms with Crippen molar-refractivity contribution < 1.29 is 4.79 Å². The Bertz CT molecular complexity index is 1430. The van der Waals surface area contributed by atoms with Crippen molar-refractivity contribution in [3.05, 3.63) is 91.4 Å². The molecule has 6 nitrogen and oxygen atoms in total. The number of carbonyl (C=O) groups is 1. The van der Waals surface area contributed by atoms with Crippen LogP contribution in [-0.4, -0.2) is 22.1 Å². The van der Waals surface area contributed by atoms with Gasteiger partial charge >= 0.3 is 5.69 Å². The number of benzene rings is 2. The smallest absolute Gasteiger partial charge is 0.314 e. The van der Waals surface area contributed by atoms with E-state index in [-0.39, 0.29) is 18.0 Å². The molecule has 158 valence electrons. The minimum Gasteiger partial charge on any atom is -0.314 e. The molecule has 0 unspecified atom stereocenters. The number of fused-ring (bicyclic) bond motifs is 1. The summed E-state index contributed by atoms with van der Waals surface area (Å²) in [7, 11) is 1.69. The lowest BCUT2D eigenvalue weighted by Crippen LogP contribution is -2.42. The lowest BCUT2D eigenvalue weighted by Gasteiger charge is -2.20. The minimum atomic E-state index is -0.518. The van der Waals surface area contributed by atoms with Gasteiger partial charge in [0.05, 0.1) is 11.2 Å². The summed E-state index contributed by atoms with van der Waals surface area (Å²) in [6, 6.07) is 14.9. The summed E-state index contributed by atoms with van der Waals surface area (Å²) < 4.78 is 3.02. The zero-order chi connectivity index (χ0) is 22.3. The van der Waals surface area contributed by atoms with E-state index in [1.54, 1.807) is 24.6 Å². The van der Waals surface area contributed by atoms with Crippen molar-refractivity contribution in [3.63, 3.8) is 0 Å². The molecule has 0 saturated carbocycles. The Morgan fingerprint density at radius 1 is 1.03 bits per heavy atom. The summed E-state index contributed by atoms with van der Waals surface area (Å²) in [4.78, 5) is 41.3. The Hall–Kier alpha value is -3.45. The topological polar surface area (TPSA) is 64.3 Å². The molecular weight excluding hydrogens is 410 g/mol. The molecule has 0 N–H and O–H groups in total. The van der Waals surface area contributed by atoms with Crippen LogP contribution in [0.25, 0.3) is 15.9 Å². The van der Waals surface area contributed by atoms with E-state index in [2.05, 4.69) is 0 Å². The van der Waals surface area contributed by atoms with E-state index >= 15 is 0 Å². The number of aromatic nitrogens is 2. The lowest BCUT2D eigenvalue weighted by atomic mass is 10.1. The van der Waals surface area contributed by atoms with E-state index in [1.165, 1.54) is 25.4 Å². The standard InChI is InChI=1S/C24H23N3O3S/c1-15-7-5-9-18(13-15)25(4)21(28)14-26-20-11-12-31-22(20)23(29)27(24(26)30)19-10-6-8-16(2)17(19)3/h5-13H,14H2,1-4H3. The van der Waals surface area contributed by atoms with Crippen LogP contribution in [0.2, 0.25) is 0 Å². The van der Waals surface area contributed by atoms with Crippen molar-refractivity contribution in [2.75, 3.05) is 11.9 Å². The van der Waals surface area contributed by atoms with E-state index in [0.29, 0.717) is 15.9 Å². The van der Waals surface area contributed by atoms with Crippen molar-refractivity contribution in [1.82, 2.24) is 9.13 Å². The van der Waals surface area contributed by atoms with Crippen LogP contribution in [0, 0.1) is 20.8 Å². The highest BCUT2D eigenvalue weighted by Gasteiger charge is 2.20. The van der Waals surface area contributed by atoms with Crippen LogP contribution in [-0.2, 0) is 11.3 Å². The fourth-order valence-electron chi connectivity index (χ4n) is 3.65. The van der Waals surface area contributed by atoms with Gasteiger partial charge in [0.1, 0.15) is 11.2 Å². The van der Waals surface area contributed by atoms with Gasteiger partial charge in [-0.25, -0.2) is 9.36 Å². The minimum absolute atomic E-state index is 0.165. The van der Waals surface area contributed by atoms with Gasteiger partial charge in [0.25, 0.3) is 5.56 Å².